The highest BCUT2D eigenvalue weighted by Crippen LogP contribution is 2.26. The summed E-state index contributed by atoms with van der Waals surface area (Å²) in [5.41, 5.74) is 2.40. The topological polar surface area (TPSA) is 28.2 Å². The molecule has 3 heteroatoms. The summed E-state index contributed by atoms with van der Waals surface area (Å²) < 4.78 is 0. The first kappa shape index (κ1) is 14.3. The maximum atomic E-state index is 4.61. The van der Waals surface area contributed by atoms with Crippen molar-refractivity contribution in [3.63, 3.8) is 0 Å². The molecule has 1 aromatic rings. The third-order valence-electron chi connectivity index (χ3n) is 4.42. The van der Waals surface area contributed by atoms with Crippen LogP contribution < -0.4 is 10.2 Å². The molecule has 19 heavy (non-hydrogen) atoms. The highest BCUT2D eigenvalue weighted by Gasteiger charge is 2.22. The van der Waals surface area contributed by atoms with E-state index in [0.29, 0.717) is 6.04 Å². The number of hydrogen-bond acceptors (Lipinski definition) is 3. The van der Waals surface area contributed by atoms with Crippen LogP contribution in [0.1, 0.15) is 45.9 Å². The molecule has 0 bridgehead atoms. The first-order chi connectivity index (χ1) is 9.11. The van der Waals surface area contributed by atoms with Crippen LogP contribution in [0.3, 0.4) is 0 Å². The minimum atomic E-state index is 0.333. The van der Waals surface area contributed by atoms with E-state index in [0.717, 1.165) is 37.2 Å². The van der Waals surface area contributed by atoms with Crippen molar-refractivity contribution in [3.05, 3.63) is 24.0 Å². The van der Waals surface area contributed by atoms with Gasteiger partial charge >= 0.3 is 0 Å². The van der Waals surface area contributed by atoms with Crippen LogP contribution in [-0.4, -0.2) is 24.6 Å². The van der Waals surface area contributed by atoms with Crippen molar-refractivity contribution in [2.75, 3.05) is 24.5 Å². The third-order valence-corrected chi connectivity index (χ3v) is 4.42. The van der Waals surface area contributed by atoms with Gasteiger partial charge in [-0.15, -0.1) is 0 Å². The number of nitrogens with one attached hydrogen (secondary N) is 1. The van der Waals surface area contributed by atoms with E-state index in [1.54, 1.807) is 0 Å². The van der Waals surface area contributed by atoms with Crippen LogP contribution >= 0.6 is 0 Å². The van der Waals surface area contributed by atoms with Gasteiger partial charge in [0.2, 0.25) is 0 Å². The van der Waals surface area contributed by atoms with Crippen LogP contribution in [0.4, 0.5) is 5.69 Å². The van der Waals surface area contributed by atoms with Gasteiger partial charge in [-0.2, -0.15) is 0 Å². The Hall–Kier alpha value is -1.09. The minimum absolute atomic E-state index is 0.333. The van der Waals surface area contributed by atoms with E-state index < -0.39 is 0 Å². The summed E-state index contributed by atoms with van der Waals surface area (Å²) in [5.74, 6) is 1.62. The molecule has 3 unspecified atom stereocenters. The summed E-state index contributed by atoms with van der Waals surface area (Å²) in [5, 5.41) is 3.40. The molecule has 3 nitrogen and oxygen atoms in total. The molecule has 3 atom stereocenters. The molecule has 0 amide bonds. The molecule has 1 aliphatic heterocycles. The van der Waals surface area contributed by atoms with Crippen molar-refractivity contribution < 1.29 is 0 Å². The average molecular weight is 261 g/mol. The molecule has 1 aromatic heterocycles. The Labute approximate surface area is 117 Å². The Balaban J connectivity index is 2.02. The molecule has 1 aliphatic rings. The monoisotopic (exact) mass is 261 g/mol. The maximum absolute atomic E-state index is 4.61. The Bertz CT molecular complexity index is 387. The maximum Gasteiger partial charge on any atom is 0.0572 e. The zero-order valence-corrected chi connectivity index (χ0v) is 12.7. The van der Waals surface area contributed by atoms with Gasteiger partial charge in [-0.1, -0.05) is 20.8 Å². The van der Waals surface area contributed by atoms with Gasteiger partial charge in [0.1, 0.15) is 0 Å². The van der Waals surface area contributed by atoms with E-state index in [-0.39, 0.29) is 0 Å². The summed E-state index contributed by atoms with van der Waals surface area (Å²) >= 11 is 0. The van der Waals surface area contributed by atoms with E-state index in [4.69, 9.17) is 0 Å². The summed E-state index contributed by atoms with van der Waals surface area (Å²) in [6.45, 7) is 12.3. The largest absolute Gasteiger partial charge is 0.370 e. The fourth-order valence-corrected chi connectivity index (χ4v) is 2.75. The second kappa shape index (κ2) is 6.38. The van der Waals surface area contributed by atoms with Gasteiger partial charge in [-0.05, 0) is 43.9 Å². The lowest BCUT2D eigenvalue weighted by Crippen LogP contribution is -2.38. The van der Waals surface area contributed by atoms with Crippen molar-refractivity contribution in [2.45, 2.75) is 40.2 Å². The average Bonchev–Trinajstić information content (AvgIpc) is 2.42. The quantitative estimate of drug-likeness (QED) is 0.902. The van der Waals surface area contributed by atoms with Crippen molar-refractivity contribution in [3.8, 4) is 0 Å². The zero-order valence-electron chi connectivity index (χ0n) is 12.7. The predicted molar refractivity (Wildman–Crippen MR) is 81.5 cm³/mol. The standard InChI is InChI=1S/C16H27N3/c1-5-17-14(4)16-7-6-15(10-18-16)19-9-8-12(2)13(3)11-19/h6-7,10,12-14,17H,5,8-9,11H2,1-4H3. The summed E-state index contributed by atoms with van der Waals surface area (Å²) in [4.78, 5) is 7.08. The van der Waals surface area contributed by atoms with E-state index >= 15 is 0 Å². The second-order valence-corrected chi connectivity index (χ2v) is 5.91. The summed E-state index contributed by atoms with van der Waals surface area (Å²) in [7, 11) is 0. The molecule has 2 heterocycles. The minimum Gasteiger partial charge on any atom is -0.370 e. The molecule has 1 fully saturated rings. The summed E-state index contributed by atoms with van der Waals surface area (Å²) in [6, 6.07) is 4.71. The fourth-order valence-electron chi connectivity index (χ4n) is 2.75. The number of rotatable bonds is 4. The number of anilines is 1. The second-order valence-electron chi connectivity index (χ2n) is 5.91. The van der Waals surface area contributed by atoms with Gasteiger partial charge in [0.25, 0.3) is 0 Å². The number of nitrogens with zero attached hydrogens (tertiary/aromatic N) is 2. The molecule has 0 spiro atoms. The molecule has 0 radical (unpaired) electrons. The molecule has 2 rings (SSSR count). The smallest absolute Gasteiger partial charge is 0.0572 e. The molecule has 0 aromatic carbocycles. The van der Waals surface area contributed by atoms with Gasteiger partial charge in [0.05, 0.1) is 17.6 Å². The van der Waals surface area contributed by atoms with Crippen molar-refractivity contribution >= 4 is 5.69 Å². The number of pyridine rings is 1. The number of hydrogen-bond donors (Lipinski definition) is 1. The van der Waals surface area contributed by atoms with Crippen LogP contribution in [-0.2, 0) is 0 Å². The van der Waals surface area contributed by atoms with Gasteiger partial charge in [0, 0.05) is 19.1 Å². The lowest BCUT2D eigenvalue weighted by molar-refractivity contribution is 0.324. The van der Waals surface area contributed by atoms with Crippen molar-refractivity contribution in [2.24, 2.45) is 11.8 Å². The molecule has 1 saturated heterocycles. The van der Waals surface area contributed by atoms with Crippen LogP contribution in [0.2, 0.25) is 0 Å². The Morgan fingerprint density at radius 1 is 1.37 bits per heavy atom. The predicted octanol–water partition coefficient (Wildman–Crippen LogP) is 3.23. The van der Waals surface area contributed by atoms with Crippen molar-refractivity contribution in [1.82, 2.24) is 10.3 Å². The highest BCUT2D eigenvalue weighted by molar-refractivity contribution is 5.45. The van der Waals surface area contributed by atoms with E-state index in [9.17, 15) is 0 Å². The van der Waals surface area contributed by atoms with E-state index in [1.807, 2.05) is 6.20 Å². The van der Waals surface area contributed by atoms with Crippen LogP contribution in [0.15, 0.2) is 18.3 Å². The molecular formula is C16H27N3. The van der Waals surface area contributed by atoms with Gasteiger partial charge < -0.3 is 10.2 Å². The van der Waals surface area contributed by atoms with Crippen LogP contribution in [0.25, 0.3) is 0 Å². The third kappa shape index (κ3) is 3.47. The van der Waals surface area contributed by atoms with E-state index in [2.05, 4.69) is 55.0 Å². The Morgan fingerprint density at radius 2 is 2.16 bits per heavy atom. The van der Waals surface area contributed by atoms with Gasteiger partial charge in [0.15, 0.2) is 0 Å². The Kier molecular flexibility index (Phi) is 4.81. The van der Waals surface area contributed by atoms with Gasteiger partial charge in [-0.25, -0.2) is 0 Å². The molecule has 106 valence electrons. The molecular weight excluding hydrogens is 234 g/mol. The van der Waals surface area contributed by atoms with Gasteiger partial charge in [-0.3, -0.25) is 4.98 Å². The zero-order chi connectivity index (χ0) is 13.8. The van der Waals surface area contributed by atoms with Crippen LogP contribution in [0, 0.1) is 11.8 Å². The molecule has 1 N–H and O–H groups in total. The fraction of sp³-hybridized carbons (Fsp3) is 0.688. The lowest BCUT2D eigenvalue weighted by atomic mass is 9.88. The van der Waals surface area contributed by atoms with E-state index in [1.165, 1.54) is 12.1 Å². The number of aromatic nitrogens is 1. The highest BCUT2D eigenvalue weighted by atomic mass is 15.1. The molecule has 0 saturated carbocycles. The SMILES string of the molecule is CCNC(C)c1ccc(N2CCC(C)C(C)C2)cn1. The lowest BCUT2D eigenvalue weighted by Gasteiger charge is -2.36. The van der Waals surface area contributed by atoms with Crippen molar-refractivity contribution in [1.29, 1.82) is 0 Å². The molecule has 0 aliphatic carbocycles. The Morgan fingerprint density at radius 3 is 2.74 bits per heavy atom. The summed E-state index contributed by atoms with van der Waals surface area (Å²) in [6.07, 6.45) is 3.32. The first-order valence-corrected chi connectivity index (χ1v) is 7.56. The normalized spacial score (nSPS) is 25.4. The van der Waals surface area contributed by atoms with Crippen LogP contribution in [0.5, 0.6) is 0 Å². The first-order valence-electron chi connectivity index (χ1n) is 7.56. The number of piperidine rings is 1.